The highest BCUT2D eigenvalue weighted by molar-refractivity contribution is 5.84. The van der Waals surface area contributed by atoms with Crippen LogP contribution in [0.2, 0.25) is 0 Å². The number of aromatic nitrogens is 4. The molecule has 2 aromatic heterocycles. The van der Waals surface area contributed by atoms with Crippen LogP contribution in [0.15, 0.2) is 6.33 Å². The zero-order valence-corrected chi connectivity index (χ0v) is 12.3. The molecule has 0 aliphatic carbocycles. The molecule has 0 radical (unpaired) electrons. The van der Waals surface area contributed by atoms with Crippen molar-refractivity contribution in [1.29, 1.82) is 0 Å². The minimum atomic E-state index is 0.615. The lowest BCUT2D eigenvalue weighted by molar-refractivity contribution is 0.154. The van der Waals surface area contributed by atoms with Gasteiger partial charge in [0.15, 0.2) is 11.5 Å². The Morgan fingerprint density at radius 1 is 1.35 bits per heavy atom. The van der Waals surface area contributed by atoms with Crippen molar-refractivity contribution in [3.63, 3.8) is 0 Å². The van der Waals surface area contributed by atoms with Crippen LogP contribution in [-0.2, 0) is 4.74 Å². The second-order valence-electron chi connectivity index (χ2n) is 4.52. The summed E-state index contributed by atoms with van der Waals surface area (Å²) in [5, 5.41) is 3.20. The van der Waals surface area contributed by atoms with Crippen molar-refractivity contribution in [2.45, 2.75) is 20.3 Å². The zero-order chi connectivity index (χ0) is 14.4. The van der Waals surface area contributed by atoms with Crippen LogP contribution in [0.3, 0.4) is 0 Å². The molecule has 0 amide bonds. The molecule has 7 nitrogen and oxygen atoms in total. The Hall–Kier alpha value is -1.89. The van der Waals surface area contributed by atoms with Crippen molar-refractivity contribution in [2.24, 2.45) is 0 Å². The van der Waals surface area contributed by atoms with E-state index in [0.717, 1.165) is 37.5 Å². The first kappa shape index (κ1) is 14.5. The minimum Gasteiger partial charge on any atom is -0.380 e. The fourth-order valence-electron chi connectivity index (χ4n) is 1.86. The zero-order valence-electron chi connectivity index (χ0n) is 12.3. The summed E-state index contributed by atoms with van der Waals surface area (Å²) >= 11 is 0. The van der Waals surface area contributed by atoms with Gasteiger partial charge in [0.1, 0.15) is 5.52 Å². The molecule has 0 aliphatic heterocycles. The summed E-state index contributed by atoms with van der Waals surface area (Å²) in [7, 11) is 1.99. The summed E-state index contributed by atoms with van der Waals surface area (Å²) in [5.41, 5.74) is 1.53. The van der Waals surface area contributed by atoms with Crippen LogP contribution in [0.4, 0.5) is 11.8 Å². The van der Waals surface area contributed by atoms with Gasteiger partial charge < -0.3 is 19.9 Å². The van der Waals surface area contributed by atoms with Crippen LogP contribution < -0.4 is 10.2 Å². The highest BCUT2D eigenvalue weighted by atomic mass is 16.5. The molecule has 0 aromatic carbocycles. The quantitative estimate of drug-likeness (QED) is 0.715. The van der Waals surface area contributed by atoms with Crippen molar-refractivity contribution in [2.75, 3.05) is 43.6 Å². The molecule has 0 atom stereocenters. The van der Waals surface area contributed by atoms with Gasteiger partial charge in [-0.2, -0.15) is 9.97 Å². The van der Waals surface area contributed by atoms with Crippen LogP contribution in [0.25, 0.3) is 11.2 Å². The molecule has 0 fully saturated rings. The van der Waals surface area contributed by atoms with E-state index in [1.165, 1.54) is 0 Å². The van der Waals surface area contributed by atoms with E-state index in [2.05, 4.69) is 37.1 Å². The number of H-pyrrole nitrogens is 1. The molecule has 0 spiro atoms. The van der Waals surface area contributed by atoms with E-state index in [9.17, 15) is 0 Å². The molecule has 0 saturated carbocycles. The maximum absolute atomic E-state index is 5.39. The van der Waals surface area contributed by atoms with Gasteiger partial charge in [0, 0.05) is 26.7 Å². The molecule has 20 heavy (non-hydrogen) atoms. The summed E-state index contributed by atoms with van der Waals surface area (Å²) in [5.74, 6) is 1.45. The van der Waals surface area contributed by atoms with Crippen LogP contribution in [0.5, 0.6) is 0 Å². The van der Waals surface area contributed by atoms with E-state index in [0.29, 0.717) is 18.2 Å². The van der Waals surface area contributed by atoms with Gasteiger partial charge in [0.05, 0.1) is 12.9 Å². The van der Waals surface area contributed by atoms with E-state index in [1.54, 1.807) is 6.33 Å². The van der Waals surface area contributed by atoms with E-state index in [1.807, 2.05) is 14.0 Å². The number of imidazole rings is 1. The monoisotopic (exact) mass is 278 g/mol. The first-order chi connectivity index (χ1) is 9.76. The first-order valence-corrected chi connectivity index (χ1v) is 7.00. The number of hydrogen-bond acceptors (Lipinski definition) is 6. The highest BCUT2D eigenvalue weighted by Gasteiger charge is 2.13. The Balaban J connectivity index is 2.22. The third-order valence-electron chi connectivity index (χ3n) is 2.94. The predicted octanol–water partition coefficient (Wildman–Crippen LogP) is 1.65. The molecule has 0 bridgehead atoms. The van der Waals surface area contributed by atoms with Crippen molar-refractivity contribution in [3.8, 4) is 0 Å². The van der Waals surface area contributed by atoms with Gasteiger partial charge in [-0.05, 0) is 13.3 Å². The molecule has 0 saturated heterocycles. The second-order valence-corrected chi connectivity index (χ2v) is 4.52. The summed E-state index contributed by atoms with van der Waals surface area (Å²) in [6.45, 7) is 7.11. The Bertz CT molecular complexity index is 541. The number of likely N-dealkylation sites (N-methyl/N-ethyl adjacent to an activating group) is 1. The van der Waals surface area contributed by atoms with Crippen molar-refractivity contribution in [1.82, 2.24) is 19.9 Å². The van der Waals surface area contributed by atoms with Crippen molar-refractivity contribution in [3.05, 3.63) is 6.33 Å². The van der Waals surface area contributed by atoms with Crippen molar-refractivity contribution >= 4 is 22.9 Å². The van der Waals surface area contributed by atoms with Gasteiger partial charge in [-0.15, -0.1) is 0 Å². The molecular weight excluding hydrogens is 256 g/mol. The molecule has 0 aliphatic rings. The number of nitrogens with one attached hydrogen (secondary N) is 2. The summed E-state index contributed by atoms with van der Waals surface area (Å²) < 4.78 is 5.39. The maximum atomic E-state index is 5.39. The smallest absolute Gasteiger partial charge is 0.226 e. The molecule has 110 valence electrons. The normalized spacial score (nSPS) is 10.9. The Kier molecular flexibility index (Phi) is 5.11. The lowest BCUT2D eigenvalue weighted by Gasteiger charge is -2.19. The van der Waals surface area contributed by atoms with Crippen molar-refractivity contribution < 1.29 is 4.74 Å². The lowest BCUT2D eigenvalue weighted by Crippen LogP contribution is -2.24. The molecule has 2 heterocycles. The number of fused-ring (bicyclic) bond motifs is 1. The SMILES string of the molecule is CCCNc1nc(N(C)CCOCC)c2[nH]cnc2n1. The van der Waals surface area contributed by atoms with Gasteiger partial charge in [0.2, 0.25) is 5.95 Å². The Morgan fingerprint density at radius 3 is 2.95 bits per heavy atom. The third-order valence-corrected chi connectivity index (χ3v) is 2.94. The number of ether oxygens (including phenoxy) is 1. The molecule has 2 aromatic rings. The third kappa shape index (κ3) is 3.36. The average Bonchev–Trinajstić information content (AvgIpc) is 2.92. The van der Waals surface area contributed by atoms with Gasteiger partial charge in [0.25, 0.3) is 0 Å². The van der Waals surface area contributed by atoms with Crippen LogP contribution >= 0.6 is 0 Å². The summed E-state index contributed by atoms with van der Waals surface area (Å²) in [6.07, 6.45) is 2.67. The number of nitrogens with zero attached hydrogens (tertiary/aromatic N) is 4. The highest BCUT2D eigenvalue weighted by Crippen LogP contribution is 2.21. The fourth-order valence-corrected chi connectivity index (χ4v) is 1.86. The lowest BCUT2D eigenvalue weighted by atomic mass is 10.4. The number of rotatable bonds is 8. The molecule has 2 rings (SSSR count). The number of aromatic amines is 1. The van der Waals surface area contributed by atoms with E-state index in [-0.39, 0.29) is 0 Å². The second kappa shape index (κ2) is 7.04. The molecule has 2 N–H and O–H groups in total. The predicted molar refractivity (Wildman–Crippen MR) is 80.2 cm³/mol. The molecule has 7 heteroatoms. The van der Waals surface area contributed by atoms with E-state index in [4.69, 9.17) is 4.74 Å². The van der Waals surface area contributed by atoms with Gasteiger partial charge in [-0.1, -0.05) is 6.92 Å². The molecule has 0 unspecified atom stereocenters. The summed E-state index contributed by atoms with van der Waals surface area (Å²) in [6, 6.07) is 0. The van der Waals surface area contributed by atoms with Gasteiger partial charge in [-0.3, -0.25) is 0 Å². The summed E-state index contributed by atoms with van der Waals surface area (Å²) in [4.78, 5) is 18.3. The first-order valence-electron chi connectivity index (χ1n) is 7.00. The van der Waals surface area contributed by atoms with E-state index < -0.39 is 0 Å². The van der Waals surface area contributed by atoms with Crippen LogP contribution in [0.1, 0.15) is 20.3 Å². The minimum absolute atomic E-state index is 0.615. The largest absolute Gasteiger partial charge is 0.380 e. The molecular formula is C13H22N6O. The van der Waals surface area contributed by atoms with Gasteiger partial charge in [-0.25, -0.2) is 4.98 Å². The van der Waals surface area contributed by atoms with Gasteiger partial charge >= 0.3 is 0 Å². The Labute approximate surface area is 118 Å². The average molecular weight is 278 g/mol. The maximum Gasteiger partial charge on any atom is 0.226 e. The fraction of sp³-hybridized carbons (Fsp3) is 0.615. The van der Waals surface area contributed by atoms with Crippen LogP contribution in [-0.4, -0.2) is 53.3 Å². The number of hydrogen-bond donors (Lipinski definition) is 2. The Morgan fingerprint density at radius 2 is 2.20 bits per heavy atom. The number of anilines is 2. The van der Waals surface area contributed by atoms with Crippen LogP contribution in [0, 0.1) is 0 Å². The topological polar surface area (TPSA) is 79.0 Å². The standard InChI is InChI=1S/C13H22N6O/c1-4-6-14-13-17-11-10(15-9-16-11)12(18-13)19(3)7-8-20-5-2/h9H,4-8H2,1-3H3,(H2,14,15,16,17,18). The van der Waals surface area contributed by atoms with E-state index >= 15 is 0 Å².